The second kappa shape index (κ2) is 3.05. The molecule has 1 aliphatic heterocycles. The number of hydrogen-bond acceptors (Lipinski definition) is 4. The van der Waals surface area contributed by atoms with Gasteiger partial charge >= 0.3 is 0 Å². The van der Waals surface area contributed by atoms with Gasteiger partial charge in [0.05, 0.1) is 0 Å². The van der Waals surface area contributed by atoms with Gasteiger partial charge in [-0.2, -0.15) is 0 Å². The first-order chi connectivity index (χ1) is 8.54. The topological polar surface area (TPSA) is 55.0 Å². The summed E-state index contributed by atoms with van der Waals surface area (Å²) >= 11 is 0. The molecule has 3 fully saturated rings. The molecule has 2 aliphatic carbocycles. The summed E-state index contributed by atoms with van der Waals surface area (Å²) in [5, 5.41) is 0. The molecule has 1 aromatic rings. The van der Waals surface area contributed by atoms with Gasteiger partial charge in [-0.1, -0.05) is 13.8 Å². The average Bonchev–Trinajstić information content (AvgIpc) is 3.24. The average molecular weight is 244 g/mol. The minimum atomic E-state index is 0.255. The van der Waals surface area contributed by atoms with Gasteiger partial charge in [0.15, 0.2) is 0 Å². The monoisotopic (exact) mass is 244 g/mol. The van der Waals surface area contributed by atoms with Crippen LogP contribution in [-0.4, -0.2) is 29.1 Å². The van der Waals surface area contributed by atoms with Gasteiger partial charge in [0.2, 0.25) is 5.95 Å². The standard InChI is InChI=1S/C14H20N4/c1-13-7-18(8-14(13,2)11(13)15)12-16-5-10(6-17-12)9-3-4-9/h5-6,9,11H,3-4,7-8,15H2,1-2H3/t11?,13-,14+. The first kappa shape index (κ1) is 10.7. The summed E-state index contributed by atoms with van der Waals surface area (Å²) in [4.78, 5) is 11.4. The Labute approximate surface area is 108 Å². The lowest BCUT2D eigenvalue weighted by Crippen LogP contribution is -2.33. The van der Waals surface area contributed by atoms with Crippen molar-refractivity contribution >= 4 is 5.95 Å². The molecule has 3 aliphatic rings. The van der Waals surface area contributed by atoms with Crippen LogP contribution in [0.2, 0.25) is 0 Å². The van der Waals surface area contributed by atoms with E-state index in [1.165, 1.54) is 18.4 Å². The van der Waals surface area contributed by atoms with Gasteiger partial charge in [0, 0.05) is 42.4 Å². The number of anilines is 1. The fourth-order valence-electron chi connectivity index (χ4n) is 3.67. The number of aromatic nitrogens is 2. The van der Waals surface area contributed by atoms with Crippen molar-refractivity contribution in [3.8, 4) is 0 Å². The maximum Gasteiger partial charge on any atom is 0.225 e. The number of rotatable bonds is 2. The summed E-state index contributed by atoms with van der Waals surface area (Å²) in [6, 6.07) is 0.340. The number of nitrogens with zero attached hydrogens (tertiary/aromatic N) is 3. The number of nitrogens with two attached hydrogens (primary N) is 1. The molecule has 4 rings (SSSR count). The molecule has 2 N–H and O–H groups in total. The molecule has 0 amide bonds. The van der Waals surface area contributed by atoms with Crippen LogP contribution in [0.15, 0.2) is 12.4 Å². The van der Waals surface area contributed by atoms with E-state index in [-0.39, 0.29) is 10.8 Å². The molecule has 4 nitrogen and oxygen atoms in total. The fourth-order valence-corrected chi connectivity index (χ4v) is 3.67. The predicted octanol–water partition coefficient (Wildman–Crippen LogP) is 1.53. The lowest BCUT2D eigenvalue weighted by atomic mass is 10.0. The summed E-state index contributed by atoms with van der Waals surface area (Å²) in [5.74, 6) is 1.61. The zero-order valence-electron chi connectivity index (χ0n) is 11.1. The first-order valence-electron chi connectivity index (χ1n) is 6.87. The molecule has 2 heterocycles. The van der Waals surface area contributed by atoms with Gasteiger partial charge in [0.1, 0.15) is 0 Å². The normalized spacial score (nSPS) is 41.9. The van der Waals surface area contributed by atoms with E-state index in [1.807, 2.05) is 12.4 Å². The molecule has 0 aromatic carbocycles. The minimum Gasteiger partial charge on any atom is -0.340 e. The fraction of sp³-hybridized carbons (Fsp3) is 0.714. The second-order valence-corrected chi connectivity index (χ2v) is 6.76. The number of hydrogen-bond donors (Lipinski definition) is 1. The van der Waals surface area contributed by atoms with Gasteiger partial charge in [-0.15, -0.1) is 0 Å². The lowest BCUT2D eigenvalue weighted by Gasteiger charge is -2.22. The molecule has 1 aromatic heterocycles. The van der Waals surface area contributed by atoms with Crippen molar-refractivity contribution in [2.75, 3.05) is 18.0 Å². The third-order valence-electron chi connectivity index (χ3n) is 5.62. The Balaban J connectivity index is 1.55. The summed E-state index contributed by atoms with van der Waals surface area (Å²) < 4.78 is 0. The SMILES string of the molecule is C[C@@]12CN(c3ncc(C4CC4)cn3)C[C@]1(C)C2N. The highest BCUT2D eigenvalue weighted by Crippen LogP contribution is 2.66. The summed E-state index contributed by atoms with van der Waals surface area (Å²) in [6.07, 6.45) is 6.62. The van der Waals surface area contributed by atoms with Crippen molar-refractivity contribution in [3.05, 3.63) is 18.0 Å². The third kappa shape index (κ3) is 1.19. The van der Waals surface area contributed by atoms with Crippen LogP contribution < -0.4 is 10.6 Å². The van der Waals surface area contributed by atoms with Crippen LogP contribution in [0.4, 0.5) is 5.95 Å². The van der Waals surface area contributed by atoms with E-state index in [4.69, 9.17) is 5.73 Å². The number of piperidine rings is 1. The zero-order valence-corrected chi connectivity index (χ0v) is 11.1. The molecular weight excluding hydrogens is 224 g/mol. The third-order valence-corrected chi connectivity index (χ3v) is 5.62. The van der Waals surface area contributed by atoms with E-state index in [1.54, 1.807) is 0 Å². The first-order valence-corrected chi connectivity index (χ1v) is 6.87. The van der Waals surface area contributed by atoms with Crippen LogP contribution in [0.1, 0.15) is 38.2 Å². The Morgan fingerprint density at radius 2 is 1.72 bits per heavy atom. The van der Waals surface area contributed by atoms with Crippen molar-refractivity contribution in [2.24, 2.45) is 16.6 Å². The lowest BCUT2D eigenvalue weighted by molar-refractivity contribution is 0.494. The Morgan fingerprint density at radius 1 is 1.17 bits per heavy atom. The van der Waals surface area contributed by atoms with Crippen LogP contribution in [0.25, 0.3) is 0 Å². The smallest absolute Gasteiger partial charge is 0.225 e. The van der Waals surface area contributed by atoms with E-state index < -0.39 is 0 Å². The minimum absolute atomic E-state index is 0.255. The summed E-state index contributed by atoms with van der Waals surface area (Å²) in [7, 11) is 0. The van der Waals surface area contributed by atoms with Gasteiger partial charge < -0.3 is 10.6 Å². The van der Waals surface area contributed by atoms with Crippen molar-refractivity contribution in [2.45, 2.75) is 38.6 Å². The van der Waals surface area contributed by atoms with Crippen molar-refractivity contribution in [1.82, 2.24) is 9.97 Å². The van der Waals surface area contributed by atoms with Crippen LogP contribution in [-0.2, 0) is 0 Å². The highest BCUT2D eigenvalue weighted by atomic mass is 15.3. The van der Waals surface area contributed by atoms with Gasteiger partial charge in [-0.3, -0.25) is 0 Å². The van der Waals surface area contributed by atoms with Crippen molar-refractivity contribution in [3.63, 3.8) is 0 Å². The van der Waals surface area contributed by atoms with Crippen LogP contribution >= 0.6 is 0 Å². The maximum atomic E-state index is 6.19. The Bertz CT molecular complexity index is 477. The molecular formula is C14H20N4. The second-order valence-electron chi connectivity index (χ2n) is 6.76. The molecule has 0 radical (unpaired) electrons. The molecule has 96 valence electrons. The van der Waals surface area contributed by atoms with E-state index in [9.17, 15) is 0 Å². The molecule has 4 heteroatoms. The van der Waals surface area contributed by atoms with E-state index in [2.05, 4.69) is 28.7 Å². The van der Waals surface area contributed by atoms with Gasteiger partial charge in [-0.25, -0.2) is 9.97 Å². The molecule has 0 spiro atoms. The van der Waals surface area contributed by atoms with E-state index >= 15 is 0 Å². The largest absolute Gasteiger partial charge is 0.340 e. The number of fused-ring (bicyclic) bond motifs is 1. The van der Waals surface area contributed by atoms with Crippen molar-refractivity contribution < 1.29 is 0 Å². The quantitative estimate of drug-likeness (QED) is 0.857. The van der Waals surface area contributed by atoms with Gasteiger partial charge in [0.25, 0.3) is 0 Å². The highest BCUT2D eigenvalue weighted by Gasteiger charge is 2.73. The van der Waals surface area contributed by atoms with E-state index in [0.29, 0.717) is 6.04 Å². The molecule has 1 saturated heterocycles. The van der Waals surface area contributed by atoms with E-state index in [0.717, 1.165) is 25.0 Å². The Kier molecular flexibility index (Phi) is 1.82. The van der Waals surface area contributed by atoms with Crippen molar-refractivity contribution in [1.29, 1.82) is 0 Å². The predicted molar refractivity (Wildman–Crippen MR) is 70.4 cm³/mol. The summed E-state index contributed by atoms with van der Waals surface area (Å²) in [5.41, 5.74) is 8.00. The molecule has 1 unspecified atom stereocenters. The molecule has 3 atom stereocenters. The van der Waals surface area contributed by atoms with Crippen LogP contribution in [0, 0.1) is 10.8 Å². The molecule has 0 bridgehead atoms. The Hall–Kier alpha value is -1.16. The Morgan fingerprint density at radius 3 is 2.22 bits per heavy atom. The van der Waals surface area contributed by atoms with Crippen LogP contribution in [0.5, 0.6) is 0 Å². The maximum absolute atomic E-state index is 6.19. The highest BCUT2D eigenvalue weighted by molar-refractivity contribution is 5.43. The van der Waals surface area contributed by atoms with Gasteiger partial charge in [-0.05, 0) is 24.3 Å². The molecule has 2 saturated carbocycles. The zero-order chi connectivity index (χ0) is 12.5. The summed E-state index contributed by atoms with van der Waals surface area (Å²) in [6.45, 7) is 6.56. The van der Waals surface area contributed by atoms with Crippen LogP contribution in [0.3, 0.4) is 0 Å². The molecule has 18 heavy (non-hydrogen) atoms.